The smallest absolute Gasteiger partial charge is 0.223 e. The van der Waals surface area contributed by atoms with Gasteiger partial charge in [-0.25, -0.2) is 0 Å². The van der Waals surface area contributed by atoms with Gasteiger partial charge in [-0.15, -0.1) is 0 Å². The van der Waals surface area contributed by atoms with E-state index in [0.29, 0.717) is 13.0 Å². The standard InChI is InChI=1S/C18H28N2O2/c21-16(2-1-5-19-17(22)15-3-4-15)20-18-9-12-6-13(10-18)8-14(7-12)11-18/h12-15H,1-11H2,(H,19,22)(H,20,21). The Labute approximate surface area is 132 Å². The summed E-state index contributed by atoms with van der Waals surface area (Å²) in [5.41, 5.74) is 0.128. The molecule has 5 fully saturated rings. The average molecular weight is 304 g/mol. The van der Waals surface area contributed by atoms with Crippen molar-refractivity contribution in [2.24, 2.45) is 23.7 Å². The molecule has 5 aliphatic carbocycles. The predicted molar refractivity (Wildman–Crippen MR) is 84.0 cm³/mol. The zero-order valence-electron chi connectivity index (χ0n) is 13.4. The Bertz CT molecular complexity index is 434. The van der Waals surface area contributed by atoms with Crippen molar-refractivity contribution in [3.8, 4) is 0 Å². The summed E-state index contributed by atoms with van der Waals surface area (Å²) >= 11 is 0. The van der Waals surface area contributed by atoms with Crippen molar-refractivity contribution >= 4 is 11.8 Å². The maximum atomic E-state index is 12.3. The molecule has 0 aromatic heterocycles. The number of carbonyl (C=O) groups is 2. The SMILES string of the molecule is O=C(CCCNC(=O)C1CC1)NC12CC3CC(CC(C3)C1)C2. The van der Waals surface area contributed by atoms with Crippen LogP contribution in [0.25, 0.3) is 0 Å². The summed E-state index contributed by atoms with van der Waals surface area (Å²) in [6, 6.07) is 0. The van der Waals surface area contributed by atoms with Crippen molar-refractivity contribution in [2.75, 3.05) is 6.54 Å². The van der Waals surface area contributed by atoms with E-state index in [2.05, 4.69) is 10.6 Å². The van der Waals surface area contributed by atoms with Crippen LogP contribution < -0.4 is 10.6 Å². The van der Waals surface area contributed by atoms with Crippen LogP contribution in [0.3, 0.4) is 0 Å². The van der Waals surface area contributed by atoms with Gasteiger partial charge in [-0.05, 0) is 75.5 Å². The second-order valence-electron chi connectivity index (χ2n) is 8.41. The first-order valence-electron chi connectivity index (χ1n) is 9.21. The van der Waals surface area contributed by atoms with Crippen molar-refractivity contribution in [3.63, 3.8) is 0 Å². The molecule has 5 rings (SSSR count). The van der Waals surface area contributed by atoms with Crippen molar-refractivity contribution in [1.82, 2.24) is 10.6 Å². The Morgan fingerprint density at radius 1 is 0.955 bits per heavy atom. The summed E-state index contributed by atoms with van der Waals surface area (Å²) in [4.78, 5) is 23.8. The molecule has 0 aromatic rings. The summed E-state index contributed by atoms with van der Waals surface area (Å²) in [5.74, 6) is 3.24. The lowest BCUT2D eigenvalue weighted by molar-refractivity contribution is -0.127. The van der Waals surface area contributed by atoms with E-state index in [1.807, 2.05) is 0 Å². The van der Waals surface area contributed by atoms with Crippen LogP contribution in [0.5, 0.6) is 0 Å². The van der Waals surface area contributed by atoms with Crippen LogP contribution >= 0.6 is 0 Å². The molecule has 0 atom stereocenters. The molecule has 4 heteroatoms. The van der Waals surface area contributed by atoms with E-state index >= 15 is 0 Å². The van der Waals surface area contributed by atoms with Gasteiger partial charge < -0.3 is 10.6 Å². The Morgan fingerprint density at radius 3 is 2.09 bits per heavy atom. The third-order valence-electron chi connectivity index (χ3n) is 6.27. The largest absolute Gasteiger partial charge is 0.356 e. The quantitative estimate of drug-likeness (QED) is 0.740. The van der Waals surface area contributed by atoms with Gasteiger partial charge in [0.1, 0.15) is 0 Å². The Morgan fingerprint density at radius 2 is 1.55 bits per heavy atom. The lowest BCUT2D eigenvalue weighted by atomic mass is 9.53. The first-order chi connectivity index (χ1) is 10.6. The minimum atomic E-state index is 0.128. The Hall–Kier alpha value is -1.06. The Kier molecular flexibility index (Phi) is 3.66. The molecule has 5 aliphatic rings. The first-order valence-corrected chi connectivity index (χ1v) is 9.21. The van der Waals surface area contributed by atoms with Crippen LogP contribution in [0, 0.1) is 23.7 Å². The predicted octanol–water partition coefficient (Wildman–Crippen LogP) is 2.38. The second-order valence-corrected chi connectivity index (χ2v) is 8.41. The van der Waals surface area contributed by atoms with E-state index in [0.717, 1.165) is 37.0 Å². The maximum absolute atomic E-state index is 12.3. The number of hydrogen-bond donors (Lipinski definition) is 2. The highest BCUT2D eigenvalue weighted by molar-refractivity contribution is 5.81. The van der Waals surface area contributed by atoms with Crippen molar-refractivity contribution in [2.45, 2.75) is 69.7 Å². The molecule has 4 bridgehead atoms. The van der Waals surface area contributed by atoms with E-state index in [4.69, 9.17) is 0 Å². The molecule has 0 aliphatic heterocycles. The number of carbonyl (C=O) groups excluding carboxylic acids is 2. The monoisotopic (exact) mass is 304 g/mol. The fourth-order valence-corrected chi connectivity index (χ4v) is 5.57. The normalized spacial score (nSPS) is 38.8. The lowest BCUT2D eigenvalue weighted by Gasteiger charge is -2.56. The van der Waals surface area contributed by atoms with Gasteiger partial charge in [0.05, 0.1) is 0 Å². The topological polar surface area (TPSA) is 58.2 Å². The van der Waals surface area contributed by atoms with E-state index in [-0.39, 0.29) is 23.3 Å². The highest BCUT2D eigenvalue weighted by Gasteiger charge is 2.51. The van der Waals surface area contributed by atoms with E-state index in [1.165, 1.54) is 38.5 Å². The van der Waals surface area contributed by atoms with E-state index < -0.39 is 0 Å². The van der Waals surface area contributed by atoms with Gasteiger partial charge in [0.15, 0.2) is 0 Å². The molecule has 122 valence electrons. The summed E-state index contributed by atoms with van der Waals surface area (Å²) in [5, 5.41) is 6.34. The molecule has 0 unspecified atom stereocenters. The summed E-state index contributed by atoms with van der Waals surface area (Å²) in [6.45, 7) is 0.642. The first kappa shape index (κ1) is 14.5. The molecule has 2 N–H and O–H groups in total. The van der Waals surface area contributed by atoms with Gasteiger partial charge in [-0.3, -0.25) is 9.59 Å². The molecular formula is C18H28N2O2. The molecule has 0 spiro atoms. The molecule has 5 saturated carbocycles. The van der Waals surface area contributed by atoms with E-state index in [9.17, 15) is 9.59 Å². The fraction of sp³-hybridized carbons (Fsp3) is 0.889. The van der Waals surface area contributed by atoms with Gasteiger partial charge in [0.2, 0.25) is 11.8 Å². The third-order valence-corrected chi connectivity index (χ3v) is 6.27. The van der Waals surface area contributed by atoms with Gasteiger partial charge in [0, 0.05) is 24.4 Å². The molecule has 0 heterocycles. The van der Waals surface area contributed by atoms with E-state index in [1.54, 1.807) is 0 Å². The summed E-state index contributed by atoms with van der Waals surface area (Å²) in [7, 11) is 0. The van der Waals surface area contributed by atoms with Crippen molar-refractivity contribution in [3.05, 3.63) is 0 Å². The van der Waals surface area contributed by atoms with Crippen LogP contribution in [0.15, 0.2) is 0 Å². The molecule has 0 aromatic carbocycles. The third kappa shape index (κ3) is 3.02. The van der Waals surface area contributed by atoms with Crippen LogP contribution in [0.4, 0.5) is 0 Å². The maximum Gasteiger partial charge on any atom is 0.223 e. The van der Waals surface area contributed by atoms with Crippen molar-refractivity contribution < 1.29 is 9.59 Å². The van der Waals surface area contributed by atoms with Crippen LogP contribution in [0.1, 0.15) is 64.2 Å². The molecule has 22 heavy (non-hydrogen) atoms. The number of nitrogens with one attached hydrogen (secondary N) is 2. The summed E-state index contributed by atoms with van der Waals surface area (Å²) in [6.07, 6.45) is 11.2. The minimum Gasteiger partial charge on any atom is -0.356 e. The van der Waals surface area contributed by atoms with Crippen molar-refractivity contribution in [1.29, 1.82) is 0 Å². The number of hydrogen-bond acceptors (Lipinski definition) is 2. The van der Waals surface area contributed by atoms with Crippen LogP contribution in [-0.4, -0.2) is 23.9 Å². The van der Waals surface area contributed by atoms with Gasteiger partial charge in [-0.1, -0.05) is 0 Å². The molecule has 4 nitrogen and oxygen atoms in total. The average Bonchev–Trinajstić information content (AvgIpc) is 3.25. The van der Waals surface area contributed by atoms with Crippen LogP contribution in [-0.2, 0) is 9.59 Å². The lowest BCUT2D eigenvalue weighted by Crippen LogP contribution is -2.59. The van der Waals surface area contributed by atoms with Gasteiger partial charge in [0.25, 0.3) is 0 Å². The second kappa shape index (κ2) is 5.54. The zero-order chi connectivity index (χ0) is 15.2. The van der Waals surface area contributed by atoms with Gasteiger partial charge >= 0.3 is 0 Å². The molecular weight excluding hydrogens is 276 g/mol. The van der Waals surface area contributed by atoms with Crippen LogP contribution in [0.2, 0.25) is 0 Å². The molecule has 0 radical (unpaired) electrons. The number of rotatable bonds is 6. The number of amides is 2. The fourth-order valence-electron chi connectivity index (χ4n) is 5.57. The molecule has 0 saturated heterocycles. The van der Waals surface area contributed by atoms with Gasteiger partial charge in [-0.2, -0.15) is 0 Å². The zero-order valence-corrected chi connectivity index (χ0v) is 13.4. The Balaban J connectivity index is 1.21. The molecule has 2 amide bonds. The highest BCUT2D eigenvalue weighted by atomic mass is 16.2. The highest BCUT2D eigenvalue weighted by Crippen LogP contribution is 2.55. The minimum absolute atomic E-state index is 0.128. The summed E-state index contributed by atoms with van der Waals surface area (Å²) < 4.78 is 0.